The van der Waals surface area contributed by atoms with Gasteiger partial charge in [-0.05, 0) is 33.1 Å². The van der Waals surface area contributed by atoms with E-state index in [9.17, 15) is 4.79 Å². The predicted octanol–water partition coefficient (Wildman–Crippen LogP) is 2.01. The van der Waals surface area contributed by atoms with Gasteiger partial charge < -0.3 is 15.1 Å². The fourth-order valence-electron chi connectivity index (χ4n) is 2.55. The van der Waals surface area contributed by atoms with Crippen molar-refractivity contribution in [1.82, 2.24) is 4.90 Å². The van der Waals surface area contributed by atoms with E-state index in [1.54, 1.807) is 0 Å². The number of likely N-dealkylation sites (tertiary alicyclic amines) is 1. The van der Waals surface area contributed by atoms with Gasteiger partial charge in [-0.25, -0.2) is 0 Å². The zero-order valence-corrected chi connectivity index (χ0v) is 11.6. The van der Waals surface area contributed by atoms with Crippen LogP contribution < -0.4 is 5.73 Å². The van der Waals surface area contributed by atoms with E-state index in [0.717, 1.165) is 24.3 Å². The molecule has 0 radical (unpaired) electrons. The highest BCUT2D eigenvalue weighted by atomic mass is 16.3. The fourth-order valence-corrected chi connectivity index (χ4v) is 2.55. The molecule has 1 aliphatic rings. The van der Waals surface area contributed by atoms with E-state index in [0.29, 0.717) is 23.8 Å². The first-order valence-electron chi connectivity index (χ1n) is 6.53. The summed E-state index contributed by atoms with van der Waals surface area (Å²) in [4.78, 5) is 14.4. The van der Waals surface area contributed by atoms with E-state index in [-0.39, 0.29) is 11.9 Å². The van der Waals surface area contributed by atoms with E-state index in [1.807, 2.05) is 25.7 Å². The Labute approximate surface area is 108 Å². The van der Waals surface area contributed by atoms with Gasteiger partial charge in [0.05, 0.1) is 5.56 Å². The van der Waals surface area contributed by atoms with Crippen LogP contribution in [0.15, 0.2) is 4.42 Å². The molecule has 1 amide bonds. The Bertz CT molecular complexity index is 465. The lowest BCUT2D eigenvalue weighted by atomic mass is 9.93. The van der Waals surface area contributed by atoms with E-state index in [2.05, 4.69) is 6.92 Å². The number of nitrogens with two attached hydrogens (primary N) is 1. The van der Waals surface area contributed by atoms with Crippen LogP contribution in [0.25, 0.3) is 0 Å². The maximum absolute atomic E-state index is 12.5. The molecule has 100 valence electrons. The summed E-state index contributed by atoms with van der Waals surface area (Å²) in [5.41, 5.74) is 7.71. The first-order valence-corrected chi connectivity index (χ1v) is 6.53. The third-order valence-corrected chi connectivity index (χ3v) is 4.08. The average molecular weight is 250 g/mol. The summed E-state index contributed by atoms with van der Waals surface area (Å²) >= 11 is 0. The van der Waals surface area contributed by atoms with Gasteiger partial charge in [-0.15, -0.1) is 0 Å². The number of nitrogens with zero attached hydrogens (tertiary/aromatic N) is 1. The molecule has 1 aromatic heterocycles. The third kappa shape index (κ3) is 2.17. The summed E-state index contributed by atoms with van der Waals surface area (Å²) in [7, 11) is 0. The van der Waals surface area contributed by atoms with Crippen LogP contribution in [0, 0.1) is 26.7 Å². The number of amides is 1. The minimum atomic E-state index is 0.0594. The normalized spacial score (nSPS) is 24.4. The van der Waals surface area contributed by atoms with Crippen molar-refractivity contribution < 1.29 is 9.21 Å². The Morgan fingerprint density at radius 3 is 2.50 bits per heavy atom. The highest BCUT2D eigenvalue weighted by molar-refractivity contribution is 5.97. The lowest BCUT2D eigenvalue weighted by Gasteiger charge is -2.35. The Hall–Kier alpha value is -1.29. The van der Waals surface area contributed by atoms with Crippen LogP contribution >= 0.6 is 0 Å². The second-order valence-corrected chi connectivity index (χ2v) is 5.40. The molecule has 0 bridgehead atoms. The van der Waals surface area contributed by atoms with Crippen molar-refractivity contribution in [2.24, 2.45) is 11.7 Å². The van der Waals surface area contributed by atoms with Crippen LogP contribution in [0.1, 0.15) is 40.8 Å². The quantitative estimate of drug-likeness (QED) is 0.829. The SMILES string of the molecule is Cc1oc(C)c(C(=O)N2CCC(C)C(N)C2)c1C. The van der Waals surface area contributed by atoms with E-state index in [4.69, 9.17) is 10.2 Å². The molecule has 0 aromatic carbocycles. The molecule has 0 aliphatic carbocycles. The Morgan fingerprint density at radius 1 is 1.33 bits per heavy atom. The van der Waals surface area contributed by atoms with Crippen molar-refractivity contribution in [3.8, 4) is 0 Å². The van der Waals surface area contributed by atoms with Gasteiger partial charge in [0, 0.05) is 24.7 Å². The molecule has 2 rings (SSSR count). The van der Waals surface area contributed by atoms with Gasteiger partial charge in [0.15, 0.2) is 0 Å². The predicted molar refractivity (Wildman–Crippen MR) is 70.6 cm³/mol. The molecule has 18 heavy (non-hydrogen) atoms. The zero-order valence-electron chi connectivity index (χ0n) is 11.6. The van der Waals surface area contributed by atoms with Crippen molar-refractivity contribution in [1.29, 1.82) is 0 Å². The summed E-state index contributed by atoms with van der Waals surface area (Å²) in [6, 6.07) is 0.0799. The number of piperidine rings is 1. The minimum absolute atomic E-state index is 0.0594. The Balaban J connectivity index is 2.21. The van der Waals surface area contributed by atoms with E-state index < -0.39 is 0 Å². The second kappa shape index (κ2) is 4.76. The van der Waals surface area contributed by atoms with Gasteiger partial charge in [0.2, 0.25) is 0 Å². The van der Waals surface area contributed by atoms with Gasteiger partial charge in [-0.3, -0.25) is 4.79 Å². The standard InChI is InChI=1S/C14H22N2O2/c1-8-5-6-16(7-12(8)15)14(17)13-9(2)10(3)18-11(13)4/h8,12H,5-7,15H2,1-4H3. The minimum Gasteiger partial charge on any atom is -0.466 e. The van der Waals surface area contributed by atoms with Crippen LogP contribution in [-0.4, -0.2) is 29.9 Å². The van der Waals surface area contributed by atoms with Crippen LogP contribution in [0.5, 0.6) is 0 Å². The zero-order chi connectivity index (χ0) is 13.4. The number of hydrogen-bond acceptors (Lipinski definition) is 3. The van der Waals surface area contributed by atoms with Crippen LogP contribution in [0.2, 0.25) is 0 Å². The molecule has 4 nitrogen and oxygen atoms in total. The van der Waals surface area contributed by atoms with Crippen molar-refractivity contribution in [3.05, 3.63) is 22.6 Å². The molecule has 2 atom stereocenters. The third-order valence-electron chi connectivity index (χ3n) is 4.08. The molecule has 2 unspecified atom stereocenters. The largest absolute Gasteiger partial charge is 0.466 e. The maximum atomic E-state index is 12.5. The smallest absolute Gasteiger partial charge is 0.257 e. The molecule has 2 N–H and O–H groups in total. The summed E-state index contributed by atoms with van der Waals surface area (Å²) < 4.78 is 5.53. The van der Waals surface area contributed by atoms with Crippen molar-refractivity contribution in [3.63, 3.8) is 0 Å². The molecule has 1 aliphatic heterocycles. The highest BCUT2D eigenvalue weighted by Crippen LogP contribution is 2.24. The molecule has 1 fully saturated rings. The average Bonchev–Trinajstić information content (AvgIpc) is 2.56. The van der Waals surface area contributed by atoms with Crippen LogP contribution in [-0.2, 0) is 0 Å². The summed E-state index contributed by atoms with van der Waals surface area (Å²) in [6.45, 7) is 9.25. The van der Waals surface area contributed by atoms with Gasteiger partial charge in [-0.1, -0.05) is 6.92 Å². The summed E-state index contributed by atoms with van der Waals surface area (Å²) in [5, 5.41) is 0. The first-order chi connectivity index (χ1) is 8.41. The lowest BCUT2D eigenvalue weighted by molar-refractivity contribution is 0.0670. The number of hydrogen-bond donors (Lipinski definition) is 1. The number of rotatable bonds is 1. The molecule has 0 saturated carbocycles. The molecular weight excluding hydrogens is 228 g/mol. The Morgan fingerprint density at radius 2 is 2.00 bits per heavy atom. The first kappa shape index (κ1) is 13.1. The monoisotopic (exact) mass is 250 g/mol. The van der Waals surface area contributed by atoms with Crippen molar-refractivity contribution in [2.45, 2.75) is 40.2 Å². The fraction of sp³-hybridized carbons (Fsp3) is 0.643. The van der Waals surface area contributed by atoms with Crippen LogP contribution in [0.3, 0.4) is 0 Å². The molecule has 0 spiro atoms. The van der Waals surface area contributed by atoms with Gasteiger partial charge in [0.25, 0.3) is 5.91 Å². The molecular formula is C14H22N2O2. The van der Waals surface area contributed by atoms with E-state index in [1.165, 1.54) is 0 Å². The molecule has 1 aromatic rings. The number of furan rings is 1. The topological polar surface area (TPSA) is 59.5 Å². The second-order valence-electron chi connectivity index (χ2n) is 5.40. The van der Waals surface area contributed by atoms with E-state index >= 15 is 0 Å². The summed E-state index contributed by atoms with van der Waals surface area (Å²) in [5.74, 6) is 2.08. The van der Waals surface area contributed by atoms with Gasteiger partial charge in [-0.2, -0.15) is 0 Å². The Kier molecular flexibility index (Phi) is 3.48. The van der Waals surface area contributed by atoms with Crippen molar-refractivity contribution >= 4 is 5.91 Å². The lowest BCUT2D eigenvalue weighted by Crippen LogP contribution is -2.49. The van der Waals surface area contributed by atoms with Gasteiger partial charge >= 0.3 is 0 Å². The van der Waals surface area contributed by atoms with Crippen LogP contribution in [0.4, 0.5) is 0 Å². The maximum Gasteiger partial charge on any atom is 0.257 e. The molecule has 2 heterocycles. The summed E-state index contributed by atoms with van der Waals surface area (Å²) in [6.07, 6.45) is 0.974. The molecule has 4 heteroatoms. The number of carbonyl (C=O) groups excluding carboxylic acids is 1. The molecule has 1 saturated heterocycles. The highest BCUT2D eigenvalue weighted by Gasteiger charge is 2.29. The van der Waals surface area contributed by atoms with Crippen molar-refractivity contribution in [2.75, 3.05) is 13.1 Å². The van der Waals surface area contributed by atoms with Gasteiger partial charge in [0.1, 0.15) is 11.5 Å². The number of carbonyl (C=O) groups is 1. The number of aryl methyl sites for hydroxylation is 2.